The Morgan fingerprint density at radius 1 is 1.33 bits per heavy atom. The van der Waals surface area contributed by atoms with E-state index < -0.39 is 4.92 Å². The van der Waals surface area contributed by atoms with E-state index >= 15 is 0 Å². The lowest BCUT2D eigenvalue weighted by atomic mass is 10.1. The average molecular weight is 244 g/mol. The highest BCUT2D eigenvalue weighted by atomic mass is 16.6. The van der Waals surface area contributed by atoms with Crippen LogP contribution in [0.1, 0.15) is 12.7 Å². The van der Waals surface area contributed by atoms with Crippen LogP contribution in [0.5, 0.6) is 0 Å². The zero-order valence-corrected chi connectivity index (χ0v) is 9.83. The summed E-state index contributed by atoms with van der Waals surface area (Å²) in [6.07, 6.45) is 0.660. The molecule has 0 aliphatic heterocycles. The van der Waals surface area contributed by atoms with Gasteiger partial charge in [-0.25, -0.2) is 9.97 Å². The van der Waals surface area contributed by atoms with Gasteiger partial charge in [0.15, 0.2) is 0 Å². The minimum atomic E-state index is -0.436. The Bertz CT molecular complexity index is 598. The molecule has 2 N–H and O–H groups in total. The molecule has 0 radical (unpaired) electrons. The molecule has 6 heteroatoms. The van der Waals surface area contributed by atoms with Gasteiger partial charge in [0.25, 0.3) is 5.69 Å². The molecule has 0 aliphatic carbocycles. The number of benzene rings is 1. The molecule has 18 heavy (non-hydrogen) atoms. The van der Waals surface area contributed by atoms with E-state index in [-0.39, 0.29) is 5.69 Å². The number of anilines is 1. The maximum atomic E-state index is 10.7. The van der Waals surface area contributed by atoms with Crippen molar-refractivity contribution in [3.05, 3.63) is 46.3 Å². The molecule has 0 atom stereocenters. The monoisotopic (exact) mass is 244 g/mol. The number of nitrogen functional groups attached to an aromatic ring is 1. The number of hydrogen-bond acceptors (Lipinski definition) is 5. The zero-order chi connectivity index (χ0) is 13.1. The lowest BCUT2D eigenvalue weighted by molar-refractivity contribution is -0.384. The number of nitro benzene ring substituents is 1. The van der Waals surface area contributed by atoms with Gasteiger partial charge in [-0.1, -0.05) is 19.1 Å². The van der Waals surface area contributed by atoms with Gasteiger partial charge in [0, 0.05) is 30.2 Å². The number of nitro groups is 1. The number of rotatable bonds is 3. The first-order valence-corrected chi connectivity index (χ1v) is 5.48. The van der Waals surface area contributed by atoms with Crippen LogP contribution in [0.25, 0.3) is 11.3 Å². The summed E-state index contributed by atoms with van der Waals surface area (Å²) in [7, 11) is 0. The van der Waals surface area contributed by atoms with Crippen LogP contribution in [0.2, 0.25) is 0 Å². The Kier molecular flexibility index (Phi) is 3.18. The van der Waals surface area contributed by atoms with Crippen molar-refractivity contribution < 1.29 is 4.92 Å². The van der Waals surface area contributed by atoms with Gasteiger partial charge in [0.1, 0.15) is 11.6 Å². The normalized spacial score (nSPS) is 10.3. The second-order valence-corrected chi connectivity index (χ2v) is 3.76. The molecule has 6 nitrogen and oxygen atoms in total. The summed E-state index contributed by atoms with van der Waals surface area (Å²) < 4.78 is 0. The predicted molar refractivity (Wildman–Crippen MR) is 67.9 cm³/mol. The van der Waals surface area contributed by atoms with E-state index in [0.717, 1.165) is 0 Å². The summed E-state index contributed by atoms with van der Waals surface area (Å²) >= 11 is 0. The van der Waals surface area contributed by atoms with Crippen molar-refractivity contribution in [3.8, 4) is 11.3 Å². The third-order valence-electron chi connectivity index (χ3n) is 2.46. The highest BCUT2D eigenvalue weighted by Crippen LogP contribution is 2.23. The molecule has 92 valence electrons. The Balaban J connectivity index is 2.51. The van der Waals surface area contributed by atoms with Crippen LogP contribution in [-0.4, -0.2) is 14.9 Å². The minimum Gasteiger partial charge on any atom is -0.384 e. The molecule has 0 aliphatic rings. The molecule has 2 aromatic rings. The van der Waals surface area contributed by atoms with Crippen LogP contribution >= 0.6 is 0 Å². The van der Waals surface area contributed by atoms with E-state index in [0.29, 0.717) is 29.3 Å². The van der Waals surface area contributed by atoms with Crippen molar-refractivity contribution in [1.82, 2.24) is 9.97 Å². The Hall–Kier alpha value is -2.50. The molecule has 0 bridgehead atoms. The van der Waals surface area contributed by atoms with Gasteiger partial charge in [-0.05, 0) is 0 Å². The maximum absolute atomic E-state index is 10.7. The average Bonchev–Trinajstić information content (AvgIpc) is 2.38. The van der Waals surface area contributed by atoms with E-state index in [1.165, 1.54) is 12.1 Å². The number of nitrogens with zero attached hydrogens (tertiary/aromatic N) is 3. The van der Waals surface area contributed by atoms with Gasteiger partial charge in [-0.15, -0.1) is 0 Å². The fraction of sp³-hybridized carbons (Fsp3) is 0.167. The molecule has 0 fully saturated rings. The summed E-state index contributed by atoms with van der Waals surface area (Å²) in [4.78, 5) is 18.7. The molecule has 0 amide bonds. The van der Waals surface area contributed by atoms with Crippen LogP contribution < -0.4 is 5.73 Å². The Labute approximate surface area is 104 Å². The van der Waals surface area contributed by atoms with Crippen LogP contribution in [0.4, 0.5) is 11.5 Å². The SMILES string of the molecule is CCc1nc(N)cc(-c2cccc([N+](=O)[O-])c2)n1. The number of aromatic nitrogens is 2. The van der Waals surface area contributed by atoms with Gasteiger partial charge in [0.2, 0.25) is 0 Å². The van der Waals surface area contributed by atoms with E-state index in [1.54, 1.807) is 18.2 Å². The number of non-ortho nitro benzene ring substituents is 1. The maximum Gasteiger partial charge on any atom is 0.270 e. The first-order chi connectivity index (χ1) is 8.60. The second kappa shape index (κ2) is 4.79. The van der Waals surface area contributed by atoms with Crippen LogP contribution in [0.15, 0.2) is 30.3 Å². The van der Waals surface area contributed by atoms with Crippen LogP contribution in [0.3, 0.4) is 0 Å². The predicted octanol–water partition coefficient (Wildman–Crippen LogP) is 2.20. The largest absolute Gasteiger partial charge is 0.384 e. The molecule has 0 spiro atoms. The van der Waals surface area contributed by atoms with E-state index in [1.807, 2.05) is 6.92 Å². The van der Waals surface area contributed by atoms with Crippen molar-refractivity contribution in [3.63, 3.8) is 0 Å². The number of hydrogen-bond donors (Lipinski definition) is 1. The molecule has 1 heterocycles. The topological polar surface area (TPSA) is 94.9 Å². The van der Waals surface area contributed by atoms with Gasteiger partial charge in [0.05, 0.1) is 10.6 Å². The highest BCUT2D eigenvalue weighted by Gasteiger charge is 2.09. The Morgan fingerprint density at radius 2 is 2.11 bits per heavy atom. The molecular formula is C12H12N4O2. The summed E-state index contributed by atoms with van der Waals surface area (Å²) in [6.45, 7) is 1.92. The summed E-state index contributed by atoms with van der Waals surface area (Å²) in [5.41, 5.74) is 6.98. The molecule has 0 saturated carbocycles. The lowest BCUT2D eigenvalue weighted by Crippen LogP contribution is -2.00. The summed E-state index contributed by atoms with van der Waals surface area (Å²) in [5.74, 6) is 0.986. The van der Waals surface area contributed by atoms with E-state index in [4.69, 9.17) is 5.73 Å². The van der Waals surface area contributed by atoms with Crippen LogP contribution in [0, 0.1) is 10.1 Å². The zero-order valence-electron chi connectivity index (χ0n) is 9.83. The number of nitrogens with two attached hydrogens (primary N) is 1. The van der Waals surface area contributed by atoms with Crippen molar-refractivity contribution in [2.75, 3.05) is 5.73 Å². The Morgan fingerprint density at radius 3 is 2.78 bits per heavy atom. The molecule has 1 aromatic carbocycles. The molecule has 0 saturated heterocycles. The third kappa shape index (κ3) is 2.42. The van der Waals surface area contributed by atoms with Crippen molar-refractivity contribution in [1.29, 1.82) is 0 Å². The van der Waals surface area contributed by atoms with E-state index in [2.05, 4.69) is 9.97 Å². The lowest BCUT2D eigenvalue weighted by Gasteiger charge is -2.04. The standard InChI is InChI=1S/C12H12N4O2/c1-2-12-14-10(7-11(13)15-12)8-4-3-5-9(6-8)16(17)18/h3-7H,2H2,1H3,(H2,13,14,15). The second-order valence-electron chi connectivity index (χ2n) is 3.76. The van der Waals surface area contributed by atoms with Crippen molar-refractivity contribution >= 4 is 11.5 Å². The van der Waals surface area contributed by atoms with Crippen molar-refractivity contribution in [2.45, 2.75) is 13.3 Å². The highest BCUT2D eigenvalue weighted by molar-refractivity contribution is 5.64. The smallest absolute Gasteiger partial charge is 0.270 e. The fourth-order valence-corrected chi connectivity index (χ4v) is 1.60. The molecule has 2 rings (SSSR count). The van der Waals surface area contributed by atoms with Gasteiger partial charge in [-0.2, -0.15) is 0 Å². The minimum absolute atomic E-state index is 0.0303. The van der Waals surface area contributed by atoms with Gasteiger partial charge >= 0.3 is 0 Å². The first kappa shape index (κ1) is 12.0. The quantitative estimate of drug-likeness (QED) is 0.659. The van der Waals surface area contributed by atoms with Crippen molar-refractivity contribution in [2.24, 2.45) is 0 Å². The summed E-state index contributed by atoms with van der Waals surface area (Å²) in [6, 6.07) is 7.90. The van der Waals surface area contributed by atoms with E-state index in [9.17, 15) is 10.1 Å². The fourth-order valence-electron chi connectivity index (χ4n) is 1.60. The summed E-state index contributed by atoms with van der Waals surface area (Å²) in [5, 5.41) is 10.7. The number of aryl methyl sites for hydroxylation is 1. The van der Waals surface area contributed by atoms with Gasteiger partial charge < -0.3 is 5.73 Å². The molecule has 1 aromatic heterocycles. The van der Waals surface area contributed by atoms with Crippen LogP contribution in [-0.2, 0) is 6.42 Å². The molecular weight excluding hydrogens is 232 g/mol. The first-order valence-electron chi connectivity index (χ1n) is 5.48. The van der Waals surface area contributed by atoms with Gasteiger partial charge in [-0.3, -0.25) is 10.1 Å². The molecule has 0 unspecified atom stereocenters. The third-order valence-corrected chi connectivity index (χ3v) is 2.46.